The Hall–Kier alpha value is -2.04. The number of hydrogen-bond acceptors (Lipinski definition) is 4. The van der Waals surface area contributed by atoms with Gasteiger partial charge in [-0.3, -0.25) is 4.79 Å². The van der Waals surface area contributed by atoms with Crippen LogP contribution >= 0.6 is 0 Å². The van der Waals surface area contributed by atoms with Gasteiger partial charge in [-0.05, 0) is 31.2 Å². The van der Waals surface area contributed by atoms with Gasteiger partial charge in [-0.25, -0.2) is 4.79 Å². The molecule has 0 aliphatic carbocycles. The second-order valence-electron chi connectivity index (χ2n) is 3.23. The number of carboxylic acids is 1. The fraction of sp³-hybridized carbons (Fsp3) is 0.333. The monoisotopic (exact) mass is 238 g/mol. The second-order valence-corrected chi connectivity index (χ2v) is 3.23. The van der Waals surface area contributed by atoms with Crippen LogP contribution in [0.25, 0.3) is 0 Å². The van der Waals surface area contributed by atoms with Crippen LogP contribution in [0.4, 0.5) is 0 Å². The molecule has 0 unspecified atom stereocenters. The van der Waals surface area contributed by atoms with Crippen LogP contribution in [0.2, 0.25) is 0 Å². The molecule has 92 valence electrons. The Morgan fingerprint density at radius 3 is 2.41 bits per heavy atom. The van der Waals surface area contributed by atoms with E-state index in [2.05, 4.69) is 0 Å². The van der Waals surface area contributed by atoms with E-state index in [0.29, 0.717) is 12.4 Å². The maximum atomic E-state index is 11.0. The molecule has 0 atom stereocenters. The first-order valence-electron chi connectivity index (χ1n) is 5.25. The molecule has 1 rings (SSSR count). The van der Waals surface area contributed by atoms with Crippen LogP contribution in [0.3, 0.4) is 0 Å². The van der Waals surface area contributed by atoms with Gasteiger partial charge in [0, 0.05) is 0 Å². The average Bonchev–Trinajstić information content (AvgIpc) is 2.30. The number of carbonyl (C=O) groups excluding carboxylic acids is 1. The van der Waals surface area contributed by atoms with Crippen LogP contribution in [-0.4, -0.2) is 30.3 Å². The summed E-state index contributed by atoms with van der Waals surface area (Å²) < 4.78 is 10.00. The molecule has 0 amide bonds. The summed E-state index contributed by atoms with van der Waals surface area (Å²) in [6.07, 6.45) is 0.175. The molecule has 0 aliphatic rings. The van der Waals surface area contributed by atoms with Gasteiger partial charge in [-0.15, -0.1) is 0 Å². The van der Waals surface area contributed by atoms with Crippen molar-refractivity contribution in [3.8, 4) is 5.75 Å². The highest BCUT2D eigenvalue weighted by atomic mass is 16.5. The zero-order valence-corrected chi connectivity index (χ0v) is 9.51. The summed E-state index contributed by atoms with van der Waals surface area (Å²) in [5, 5.41) is 8.68. The van der Waals surface area contributed by atoms with Gasteiger partial charge in [-0.1, -0.05) is 0 Å². The summed E-state index contributed by atoms with van der Waals surface area (Å²) in [4.78, 5) is 21.6. The normalized spacial score (nSPS) is 9.71. The van der Waals surface area contributed by atoms with Crippen LogP contribution in [0.1, 0.15) is 23.7 Å². The summed E-state index contributed by atoms with van der Waals surface area (Å²) in [6, 6.07) is 5.99. The number of ether oxygens (including phenoxy) is 2. The van der Waals surface area contributed by atoms with Gasteiger partial charge in [0.25, 0.3) is 0 Å². The summed E-state index contributed by atoms with van der Waals surface area (Å²) >= 11 is 0. The van der Waals surface area contributed by atoms with Crippen molar-refractivity contribution in [3.05, 3.63) is 29.8 Å². The molecule has 5 nitrogen and oxygen atoms in total. The van der Waals surface area contributed by atoms with Gasteiger partial charge < -0.3 is 14.6 Å². The van der Waals surface area contributed by atoms with E-state index in [1.807, 2.05) is 0 Å². The van der Waals surface area contributed by atoms with Crippen molar-refractivity contribution in [2.45, 2.75) is 13.3 Å². The van der Waals surface area contributed by atoms with E-state index in [1.54, 1.807) is 19.1 Å². The Morgan fingerprint density at radius 1 is 1.24 bits per heavy atom. The maximum absolute atomic E-state index is 11.0. The second kappa shape index (κ2) is 6.52. The first-order chi connectivity index (χ1) is 8.13. The molecule has 1 aromatic rings. The Bertz CT molecular complexity index is 382. The topological polar surface area (TPSA) is 72.8 Å². The lowest BCUT2D eigenvalue weighted by molar-refractivity contribution is -0.143. The first-order valence-corrected chi connectivity index (χ1v) is 5.25. The highest BCUT2D eigenvalue weighted by Gasteiger charge is 2.04. The third kappa shape index (κ3) is 4.55. The minimum Gasteiger partial charge on any atom is -0.493 e. The summed E-state index contributed by atoms with van der Waals surface area (Å²) in [5.41, 5.74) is 0.197. The van der Waals surface area contributed by atoms with Crippen LogP contribution < -0.4 is 4.74 Å². The average molecular weight is 238 g/mol. The number of aromatic carboxylic acids is 1. The highest BCUT2D eigenvalue weighted by Crippen LogP contribution is 2.12. The van der Waals surface area contributed by atoms with E-state index in [0.717, 1.165) is 0 Å². The van der Waals surface area contributed by atoms with Gasteiger partial charge in [0.15, 0.2) is 0 Å². The highest BCUT2D eigenvalue weighted by molar-refractivity contribution is 5.87. The van der Waals surface area contributed by atoms with Crippen LogP contribution in [-0.2, 0) is 9.53 Å². The number of esters is 1. The number of benzene rings is 1. The Labute approximate surface area is 99.0 Å². The van der Waals surface area contributed by atoms with E-state index in [4.69, 9.17) is 14.6 Å². The fourth-order valence-electron chi connectivity index (χ4n) is 1.18. The largest absolute Gasteiger partial charge is 0.493 e. The predicted octanol–water partition coefficient (Wildman–Crippen LogP) is 1.72. The Morgan fingerprint density at radius 2 is 1.88 bits per heavy atom. The van der Waals surface area contributed by atoms with Crippen molar-refractivity contribution in [3.63, 3.8) is 0 Å². The zero-order valence-electron chi connectivity index (χ0n) is 9.51. The molecule has 0 spiro atoms. The molecule has 0 aliphatic heterocycles. The molecule has 17 heavy (non-hydrogen) atoms. The van der Waals surface area contributed by atoms with Crippen LogP contribution in [0.5, 0.6) is 5.75 Å². The van der Waals surface area contributed by atoms with Crippen molar-refractivity contribution in [2.24, 2.45) is 0 Å². The van der Waals surface area contributed by atoms with Crippen molar-refractivity contribution in [1.82, 2.24) is 0 Å². The predicted molar refractivity (Wildman–Crippen MR) is 60.1 cm³/mol. The summed E-state index contributed by atoms with van der Waals surface area (Å²) in [7, 11) is 0. The van der Waals surface area contributed by atoms with E-state index < -0.39 is 5.97 Å². The lowest BCUT2D eigenvalue weighted by Crippen LogP contribution is -2.09. The molecule has 0 saturated carbocycles. The van der Waals surface area contributed by atoms with E-state index in [-0.39, 0.29) is 24.6 Å². The van der Waals surface area contributed by atoms with Crippen LogP contribution in [0.15, 0.2) is 24.3 Å². The number of carbonyl (C=O) groups is 2. The molecule has 0 saturated heterocycles. The fourth-order valence-corrected chi connectivity index (χ4v) is 1.18. The molecule has 0 fully saturated rings. The van der Waals surface area contributed by atoms with Gasteiger partial charge in [0.2, 0.25) is 0 Å². The molecular weight excluding hydrogens is 224 g/mol. The number of carboxylic acid groups (broad SMARTS) is 1. The third-order valence-electron chi connectivity index (χ3n) is 1.98. The van der Waals surface area contributed by atoms with E-state index in [1.165, 1.54) is 12.1 Å². The minimum absolute atomic E-state index is 0.175. The molecule has 0 radical (unpaired) electrons. The molecule has 1 aromatic carbocycles. The third-order valence-corrected chi connectivity index (χ3v) is 1.98. The molecule has 1 N–H and O–H groups in total. The minimum atomic E-state index is -0.983. The SMILES string of the molecule is CCOC(=O)CCOc1ccc(C(=O)O)cc1. The van der Waals surface area contributed by atoms with Crippen molar-refractivity contribution >= 4 is 11.9 Å². The summed E-state index contributed by atoms with van der Waals surface area (Å²) in [6.45, 7) is 2.31. The lowest BCUT2D eigenvalue weighted by atomic mass is 10.2. The number of rotatable bonds is 6. The quantitative estimate of drug-likeness (QED) is 0.764. The Kier molecular flexibility index (Phi) is 5.00. The van der Waals surface area contributed by atoms with Gasteiger partial charge >= 0.3 is 11.9 Å². The van der Waals surface area contributed by atoms with Crippen molar-refractivity contribution < 1.29 is 24.2 Å². The molecular formula is C12H14O5. The van der Waals surface area contributed by atoms with Gasteiger partial charge in [-0.2, -0.15) is 0 Å². The standard InChI is InChI=1S/C12H14O5/c1-2-16-11(13)7-8-17-10-5-3-9(4-6-10)12(14)15/h3-6H,2,7-8H2,1H3,(H,14,15). The maximum Gasteiger partial charge on any atom is 0.335 e. The number of hydrogen-bond donors (Lipinski definition) is 1. The van der Waals surface area contributed by atoms with Gasteiger partial charge in [0.1, 0.15) is 5.75 Å². The van der Waals surface area contributed by atoms with E-state index >= 15 is 0 Å². The van der Waals surface area contributed by atoms with E-state index in [9.17, 15) is 9.59 Å². The van der Waals surface area contributed by atoms with Crippen molar-refractivity contribution in [2.75, 3.05) is 13.2 Å². The summed E-state index contributed by atoms with van der Waals surface area (Å²) in [5.74, 6) is -0.767. The Balaban J connectivity index is 2.37. The smallest absolute Gasteiger partial charge is 0.335 e. The zero-order chi connectivity index (χ0) is 12.7. The first kappa shape index (κ1) is 13.0. The van der Waals surface area contributed by atoms with Gasteiger partial charge in [0.05, 0.1) is 25.2 Å². The molecule has 0 bridgehead atoms. The molecule has 0 heterocycles. The lowest BCUT2D eigenvalue weighted by Gasteiger charge is -2.05. The van der Waals surface area contributed by atoms with Crippen molar-refractivity contribution in [1.29, 1.82) is 0 Å². The molecule has 0 aromatic heterocycles. The molecule has 5 heteroatoms. The van der Waals surface area contributed by atoms with Crippen LogP contribution in [0, 0.1) is 0 Å².